The Balaban J connectivity index is 0.00000363. The van der Waals surface area contributed by atoms with Crippen LogP contribution >= 0.6 is 24.0 Å². The van der Waals surface area contributed by atoms with E-state index < -0.39 is 0 Å². The first kappa shape index (κ1) is 26.6. The molecule has 1 atom stereocenters. The fourth-order valence-corrected chi connectivity index (χ4v) is 4.79. The van der Waals surface area contributed by atoms with Crippen molar-refractivity contribution in [1.82, 2.24) is 0 Å². The van der Waals surface area contributed by atoms with Crippen LogP contribution in [0.2, 0.25) is 0 Å². The molecule has 0 aromatic heterocycles. The lowest BCUT2D eigenvalue weighted by molar-refractivity contribution is 0.241. The second kappa shape index (κ2) is 14.5. The van der Waals surface area contributed by atoms with Crippen molar-refractivity contribution >= 4 is 24.0 Å². The lowest BCUT2D eigenvalue weighted by Gasteiger charge is -2.39. The topological polar surface area (TPSA) is 26.0 Å². The molecule has 0 heterocycles. The molecule has 3 aromatic rings. The number of benzene rings is 3. The quantitative estimate of drug-likeness (QED) is 0.172. The third-order valence-corrected chi connectivity index (χ3v) is 6.55. The number of hydrogen-bond donors (Lipinski definition) is 1. The van der Waals surface area contributed by atoms with Gasteiger partial charge in [-0.3, -0.25) is 0 Å². The van der Waals surface area contributed by atoms with Crippen molar-refractivity contribution in [2.24, 2.45) is 11.7 Å². The van der Waals surface area contributed by atoms with E-state index in [9.17, 15) is 0 Å². The second-order valence-corrected chi connectivity index (χ2v) is 9.15. The zero-order valence-corrected chi connectivity index (χ0v) is 21.9. The Hall–Kier alpha value is -1.65. The van der Waals surface area contributed by atoms with Crippen molar-refractivity contribution in [2.75, 3.05) is 0 Å². The zero-order valence-electron chi connectivity index (χ0n) is 19.6. The molecule has 0 aliphatic rings. The Morgan fingerprint density at radius 3 is 1.53 bits per heavy atom. The molecule has 1 nitrogen and oxygen atoms in total. The van der Waals surface area contributed by atoms with Gasteiger partial charge in [-0.25, -0.2) is 0 Å². The highest BCUT2D eigenvalue weighted by Gasteiger charge is 2.35. The van der Waals surface area contributed by atoms with E-state index in [1.807, 2.05) is 0 Å². The summed E-state index contributed by atoms with van der Waals surface area (Å²) in [7, 11) is 0. The standard InChI is InChI=1S/C30H39N.HI/c1-2-3-4-5-15-22-29(23-26-16-9-6-10-17-26)30(31,24-27-18-11-7-12-19-27)25-28-20-13-8-14-21-28;/h6-14,16-21,29H,2-5,15,22-25,31H2,1H3;1H. The Morgan fingerprint density at radius 2 is 1.06 bits per heavy atom. The molecule has 3 rings (SSSR count). The van der Waals surface area contributed by atoms with Crippen LogP contribution in [-0.4, -0.2) is 5.54 Å². The van der Waals surface area contributed by atoms with Gasteiger partial charge in [0.2, 0.25) is 0 Å². The van der Waals surface area contributed by atoms with E-state index in [0.29, 0.717) is 5.92 Å². The summed E-state index contributed by atoms with van der Waals surface area (Å²) in [5.41, 5.74) is 11.2. The third-order valence-electron chi connectivity index (χ3n) is 6.55. The normalized spacial score (nSPS) is 12.2. The summed E-state index contributed by atoms with van der Waals surface area (Å²) in [4.78, 5) is 0. The minimum atomic E-state index is -0.274. The Labute approximate surface area is 212 Å². The van der Waals surface area contributed by atoms with Crippen molar-refractivity contribution in [3.8, 4) is 0 Å². The van der Waals surface area contributed by atoms with Crippen molar-refractivity contribution < 1.29 is 0 Å². The van der Waals surface area contributed by atoms with Crippen LogP contribution in [0.5, 0.6) is 0 Å². The first-order chi connectivity index (χ1) is 15.2. The maximum atomic E-state index is 7.40. The average Bonchev–Trinajstić information content (AvgIpc) is 2.80. The summed E-state index contributed by atoms with van der Waals surface area (Å²) in [6.45, 7) is 2.28. The summed E-state index contributed by atoms with van der Waals surface area (Å²) >= 11 is 0. The van der Waals surface area contributed by atoms with Gasteiger partial charge in [0, 0.05) is 5.54 Å². The minimum Gasteiger partial charge on any atom is -0.324 e. The van der Waals surface area contributed by atoms with Crippen LogP contribution in [0.1, 0.15) is 62.1 Å². The van der Waals surface area contributed by atoms with E-state index in [-0.39, 0.29) is 29.5 Å². The number of rotatable bonds is 13. The Morgan fingerprint density at radius 1 is 0.625 bits per heavy atom. The van der Waals surface area contributed by atoms with Crippen LogP contribution in [0.25, 0.3) is 0 Å². The van der Waals surface area contributed by atoms with Crippen LogP contribution in [0.4, 0.5) is 0 Å². The summed E-state index contributed by atoms with van der Waals surface area (Å²) in [5, 5.41) is 0. The molecule has 2 N–H and O–H groups in total. The predicted octanol–water partition coefficient (Wildman–Crippen LogP) is 8.01. The van der Waals surface area contributed by atoms with E-state index in [0.717, 1.165) is 19.3 Å². The molecule has 0 bridgehead atoms. The molecule has 3 aromatic carbocycles. The van der Waals surface area contributed by atoms with Gasteiger partial charge in [-0.1, -0.05) is 130 Å². The highest BCUT2D eigenvalue weighted by Crippen LogP contribution is 2.32. The van der Waals surface area contributed by atoms with Gasteiger partial charge in [0.15, 0.2) is 0 Å². The van der Waals surface area contributed by atoms with Crippen molar-refractivity contribution in [3.05, 3.63) is 108 Å². The number of unbranched alkanes of at least 4 members (excludes halogenated alkanes) is 4. The maximum absolute atomic E-state index is 7.40. The molecule has 0 saturated carbocycles. The van der Waals surface area contributed by atoms with E-state index >= 15 is 0 Å². The fraction of sp³-hybridized carbons (Fsp3) is 0.400. The van der Waals surface area contributed by atoms with Crippen LogP contribution in [0.15, 0.2) is 91.0 Å². The third kappa shape index (κ3) is 8.71. The molecule has 32 heavy (non-hydrogen) atoms. The van der Waals surface area contributed by atoms with Crippen LogP contribution in [0.3, 0.4) is 0 Å². The van der Waals surface area contributed by atoms with Gasteiger partial charge in [-0.15, -0.1) is 24.0 Å². The largest absolute Gasteiger partial charge is 0.324 e. The molecule has 2 heteroatoms. The van der Waals surface area contributed by atoms with Gasteiger partial charge in [0.1, 0.15) is 0 Å². The van der Waals surface area contributed by atoms with Crippen molar-refractivity contribution in [1.29, 1.82) is 0 Å². The first-order valence-corrected chi connectivity index (χ1v) is 12.1. The van der Waals surface area contributed by atoms with Crippen molar-refractivity contribution in [3.63, 3.8) is 0 Å². The molecular formula is C30H40IN. The summed E-state index contributed by atoms with van der Waals surface area (Å²) < 4.78 is 0. The molecule has 0 aliphatic heterocycles. The average molecular weight is 542 g/mol. The van der Waals surface area contributed by atoms with E-state index in [4.69, 9.17) is 5.73 Å². The highest BCUT2D eigenvalue weighted by atomic mass is 127. The predicted molar refractivity (Wildman–Crippen MR) is 150 cm³/mol. The zero-order chi connectivity index (χ0) is 21.8. The first-order valence-electron chi connectivity index (χ1n) is 12.1. The second-order valence-electron chi connectivity index (χ2n) is 9.15. The lowest BCUT2D eigenvalue weighted by atomic mass is 9.71. The number of halogens is 1. The molecular weight excluding hydrogens is 501 g/mol. The van der Waals surface area contributed by atoms with Crippen LogP contribution < -0.4 is 5.73 Å². The van der Waals surface area contributed by atoms with Gasteiger partial charge in [0.05, 0.1) is 0 Å². The van der Waals surface area contributed by atoms with Gasteiger partial charge in [-0.05, 0) is 48.3 Å². The van der Waals surface area contributed by atoms with Gasteiger partial charge >= 0.3 is 0 Å². The molecule has 0 spiro atoms. The molecule has 0 aliphatic carbocycles. The molecule has 0 fully saturated rings. The minimum absolute atomic E-state index is 0. The summed E-state index contributed by atoms with van der Waals surface area (Å²) in [6.07, 6.45) is 10.6. The number of hydrogen-bond acceptors (Lipinski definition) is 1. The van der Waals surface area contributed by atoms with Crippen LogP contribution in [0, 0.1) is 5.92 Å². The SMILES string of the molecule is CCCCCCCC(Cc1ccccc1)C(N)(Cc1ccccc1)Cc1ccccc1.I. The van der Waals surface area contributed by atoms with Gasteiger partial charge in [0.25, 0.3) is 0 Å². The molecule has 1 unspecified atom stereocenters. The van der Waals surface area contributed by atoms with E-state index in [1.165, 1.54) is 55.2 Å². The lowest BCUT2D eigenvalue weighted by Crippen LogP contribution is -2.52. The van der Waals surface area contributed by atoms with Crippen molar-refractivity contribution in [2.45, 2.75) is 70.3 Å². The van der Waals surface area contributed by atoms with E-state index in [1.54, 1.807) is 0 Å². The summed E-state index contributed by atoms with van der Waals surface area (Å²) in [6, 6.07) is 32.6. The van der Waals surface area contributed by atoms with Gasteiger partial charge in [-0.2, -0.15) is 0 Å². The maximum Gasteiger partial charge on any atom is 0.0267 e. The Kier molecular flexibility index (Phi) is 12.0. The van der Waals surface area contributed by atoms with Crippen LogP contribution in [-0.2, 0) is 19.3 Å². The molecule has 0 radical (unpaired) electrons. The smallest absolute Gasteiger partial charge is 0.0267 e. The Bertz CT molecular complexity index is 806. The highest BCUT2D eigenvalue weighted by molar-refractivity contribution is 14.0. The number of nitrogens with two attached hydrogens (primary N) is 1. The fourth-order valence-electron chi connectivity index (χ4n) is 4.79. The molecule has 172 valence electrons. The monoisotopic (exact) mass is 541 g/mol. The molecule has 0 amide bonds. The van der Waals surface area contributed by atoms with Gasteiger partial charge < -0.3 is 5.73 Å². The molecule has 0 saturated heterocycles. The van der Waals surface area contributed by atoms with E-state index in [2.05, 4.69) is 97.9 Å². The summed E-state index contributed by atoms with van der Waals surface area (Å²) in [5.74, 6) is 0.442.